The molecule has 1 heterocycles. The molecule has 8 N–H and O–H groups in total. The van der Waals surface area contributed by atoms with E-state index in [0.717, 1.165) is 0 Å². The number of phenolic OH excluding ortho intramolecular Hbond substituents is 1. The number of amides is 1. The molecule has 0 spiro atoms. The number of nitrogens with two attached hydrogens (primary N) is 3. The molecule has 0 radical (unpaired) electrons. The Morgan fingerprint density at radius 2 is 1.89 bits per heavy atom. The lowest BCUT2D eigenvalue weighted by Crippen LogP contribution is -2.38. The van der Waals surface area contributed by atoms with Crippen molar-refractivity contribution < 1.29 is 14.6 Å². The van der Waals surface area contributed by atoms with Crippen molar-refractivity contribution in [2.24, 2.45) is 10.7 Å². The van der Waals surface area contributed by atoms with Crippen LogP contribution in [0.4, 0.5) is 11.6 Å². The van der Waals surface area contributed by atoms with E-state index in [4.69, 9.17) is 33.5 Å². The summed E-state index contributed by atoms with van der Waals surface area (Å²) in [6, 6.07) is 6.35. The summed E-state index contributed by atoms with van der Waals surface area (Å²) in [7, 11) is 0. The average Bonchev–Trinajstić information content (AvgIpc) is 2.59. The van der Waals surface area contributed by atoms with Gasteiger partial charge in [0.05, 0.1) is 6.61 Å². The van der Waals surface area contributed by atoms with E-state index in [0.29, 0.717) is 25.3 Å². The number of carbonyl (C=O) groups excluding carboxylic acids is 1. The van der Waals surface area contributed by atoms with Gasteiger partial charge in [-0.15, -0.1) is 17.0 Å². The largest absolute Gasteiger partial charge is 0.508 e. The number of anilines is 2. The number of nitrogens with one attached hydrogen (secondary N) is 1. The first-order valence-corrected chi connectivity index (χ1v) is 7.86. The van der Waals surface area contributed by atoms with Gasteiger partial charge in [0.2, 0.25) is 0 Å². The van der Waals surface area contributed by atoms with E-state index in [-0.39, 0.29) is 51.2 Å². The van der Waals surface area contributed by atoms with Crippen LogP contribution in [0.1, 0.15) is 16.9 Å². The second-order valence-electron chi connectivity index (χ2n) is 5.05. The van der Waals surface area contributed by atoms with Gasteiger partial charge < -0.3 is 27.0 Å². The highest BCUT2D eigenvalue weighted by molar-refractivity contribution is 8.93. The van der Waals surface area contributed by atoms with Crippen LogP contribution in [0.3, 0.4) is 0 Å². The highest BCUT2D eigenvalue weighted by atomic mass is 79.9. The van der Waals surface area contributed by atoms with E-state index in [1.54, 1.807) is 12.1 Å². The van der Waals surface area contributed by atoms with Crippen molar-refractivity contribution in [3.8, 4) is 11.5 Å². The molecule has 146 valence electrons. The number of nitrogen functional groups attached to an aromatic ring is 2. The van der Waals surface area contributed by atoms with Crippen LogP contribution in [0.15, 0.2) is 29.3 Å². The van der Waals surface area contributed by atoms with Crippen molar-refractivity contribution in [2.75, 3.05) is 24.6 Å². The second kappa shape index (κ2) is 10.4. The number of aliphatic imine (C=N–C) groups is 1. The second-order valence-corrected chi connectivity index (χ2v) is 5.41. The smallest absolute Gasteiger partial charge is 0.280 e. The molecule has 1 aromatic carbocycles. The van der Waals surface area contributed by atoms with Gasteiger partial charge in [-0.25, -0.2) is 9.97 Å². The molecule has 0 fully saturated rings. The van der Waals surface area contributed by atoms with Crippen molar-refractivity contribution >= 4 is 52.1 Å². The molecule has 0 aliphatic rings. The Bertz CT molecular complexity index is 818. The average molecular weight is 461 g/mol. The van der Waals surface area contributed by atoms with Crippen LogP contribution in [0.25, 0.3) is 0 Å². The molecular weight excluding hydrogens is 442 g/mol. The predicted octanol–water partition coefficient (Wildman–Crippen LogP) is 1.09. The van der Waals surface area contributed by atoms with E-state index in [1.165, 1.54) is 12.1 Å². The number of phenols is 1. The minimum Gasteiger partial charge on any atom is -0.508 e. The Morgan fingerprint density at radius 1 is 1.22 bits per heavy atom. The molecule has 1 aromatic heterocycles. The fraction of sp³-hybridized carbons (Fsp3) is 0.200. The maximum absolute atomic E-state index is 12.0. The van der Waals surface area contributed by atoms with Crippen LogP contribution < -0.4 is 27.3 Å². The van der Waals surface area contributed by atoms with Gasteiger partial charge in [0.1, 0.15) is 11.5 Å². The number of ether oxygens (including phenoxy) is 1. The molecule has 0 unspecified atom stereocenters. The third-order valence-electron chi connectivity index (χ3n) is 3.05. The Morgan fingerprint density at radius 3 is 2.56 bits per heavy atom. The van der Waals surface area contributed by atoms with E-state index < -0.39 is 5.91 Å². The first-order valence-electron chi connectivity index (χ1n) is 7.48. The van der Waals surface area contributed by atoms with Crippen LogP contribution in [0.5, 0.6) is 11.5 Å². The summed E-state index contributed by atoms with van der Waals surface area (Å²) >= 11 is 5.72. The van der Waals surface area contributed by atoms with Gasteiger partial charge in [-0.05, 0) is 24.3 Å². The van der Waals surface area contributed by atoms with Crippen molar-refractivity contribution in [2.45, 2.75) is 6.42 Å². The summed E-state index contributed by atoms with van der Waals surface area (Å²) in [6.07, 6.45) is 0.563. The summed E-state index contributed by atoms with van der Waals surface area (Å²) in [4.78, 5) is 23.5. The highest BCUT2D eigenvalue weighted by Crippen LogP contribution is 2.17. The quantitative estimate of drug-likeness (QED) is 0.242. The standard InChI is InChI=1S/C15H18ClN7O3.BrH/c16-11-13(18)22-12(17)10(21-11)14(25)23-15(19)20-6-1-7-26-9-4-2-8(24)3-5-9;/h2-5,24H,1,6-7H2,(H4,17,18,22)(H3,19,20,23,25);1H. The zero-order valence-corrected chi connectivity index (χ0v) is 16.5. The first-order chi connectivity index (χ1) is 12.4. The minimum absolute atomic E-state index is 0. The lowest BCUT2D eigenvalue weighted by atomic mass is 10.3. The van der Waals surface area contributed by atoms with Gasteiger partial charge in [-0.3, -0.25) is 15.1 Å². The Kier molecular flexibility index (Phi) is 8.56. The van der Waals surface area contributed by atoms with Gasteiger partial charge >= 0.3 is 0 Å². The number of halogens is 2. The molecular formula is C15H19BrClN7O3. The number of rotatable bonds is 6. The monoisotopic (exact) mass is 459 g/mol. The molecule has 0 bridgehead atoms. The highest BCUT2D eigenvalue weighted by Gasteiger charge is 2.16. The molecule has 0 saturated carbocycles. The van der Waals surface area contributed by atoms with Gasteiger partial charge in [-0.2, -0.15) is 0 Å². The normalized spacial score (nSPS) is 10.8. The molecule has 12 heteroatoms. The predicted molar refractivity (Wildman–Crippen MR) is 108 cm³/mol. The number of benzene rings is 1. The topological polar surface area (TPSA) is 175 Å². The van der Waals surface area contributed by atoms with E-state index in [2.05, 4.69) is 20.3 Å². The summed E-state index contributed by atoms with van der Waals surface area (Å²) in [6.45, 7) is 0.718. The van der Waals surface area contributed by atoms with Gasteiger partial charge in [0, 0.05) is 13.0 Å². The maximum Gasteiger partial charge on any atom is 0.280 e. The lowest BCUT2D eigenvalue weighted by Gasteiger charge is -2.07. The van der Waals surface area contributed by atoms with Gasteiger partial charge in [0.25, 0.3) is 5.91 Å². The van der Waals surface area contributed by atoms with Crippen LogP contribution in [0, 0.1) is 0 Å². The maximum atomic E-state index is 12.0. The number of hydrogen-bond acceptors (Lipinski definition) is 8. The van der Waals surface area contributed by atoms with Crippen LogP contribution in [-0.4, -0.2) is 40.1 Å². The third kappa shape index (κ3) is 6.79. The Hall–Kier alpha value is -2.79. The zero-order chi connectivity index (χ0) is 19.1. The zero-order valence-electron chi connectivity index (χ0n) is 14.1. The van der Waals surface area contributed by atoms with Crippen molar-refractivity contribution in [3.63, 3.8) is 0 Å². The molecule has 1 amide bonds. The number of guanidine groups is 1. The number of carbonyl (C=O) groups is 1. The fourth-order valence-electron chi connectivity index (χ4n) is 1.82. The van der Waals surface area contributed by atoms with Crippen molar-refractivity contribution in [3.05, 3.63) is 35.1 Å². The molecule has 0 aliphatic heterocycles. The van der Waals surface area contributed by atoms with Crippen LogP contribution in [0.2, 0.25) is 5.15 Å². The molecule has 0 atom stereocenters. The number of aromatic nitrogens is 2. The summed E-state index contributed by atoms with van der Waals surface area (Å²) in [5.41, 5.74) is 16.5. The molecule has 2 rings (SSSR count). The third-order valence-corrected chi connectivity index (χ3v) is 3.33. The van der Waals surface area contributed by atoms with Gasteiger partial charge in [0.15, 0.2) is 28.4 Å². The van der Waals surface area contributed by atoms with E-state index in [1.807, 2.05) is 0 Å². The molecule has 2 aromatic rings. The molecule has 0 saturated heterocycles. The SMILES string of the molecule is Br.NC(=NCCCOc1ccc(O)cc1)NC(=O)c1nc(Cl)c(N)nc1N. The van der Waals surface area contributed by atoms with Crippen molar-refractivity contribution in [1.82, 2.24) is 15.3 Å². The molecule has 27 heavy (non-hydrogen) atoms. The Balaban J connectivity index is 0.00000364. The number of hydrogen-bond donors (Lipinski definition) is 5. The first kappa shape index (κ1) is 22.3. The van der Waals surface area contributed by atoms with Crippen LogP contribution >= 0.6 is 28.6 Å². The summed E-state index contributed by atoms with van der Waals surface area (Å²) in [5, 5.41) is 11.4. The van der Waals surface area contributed by atoms with E-state index in [9.17, 15) is 9.90 Å². The lowest BCUT2D eigenvalue weighted by molar-refractivity contribution is 0.0972. The van der Waals surface area contributed by atoms with E-state index >= 15 is 0 Å². The number of nitrogens with zero attached hydrogens (tertiary/aromatic N) is 3. The fourth-order valence-corrected chi connectivity index (χ4v) is 1.95. The summed E-state index contributed by atoms with van der Waals surface area (Å²) < 4.78 is 5.46. The Labute approximate surface area is 170 Å². The number of aromatic hydroxyl groups is 1. The van der Waals surface area contributed by atoms with Crippen LogP contribution in [-0.2, 0) is 0 Å². The van der Waals surface area contributed by atoms with Gasteiger partial charge in [-0.1, -0.05) is 11.6 Å². The molecule has 10 nitrogen and oxygen atoms in total. The summed E-state index contributed by atoms with van der Waals surface area (Å²) in [5.74, 6) is -0.247. The molecule has 0 aliphatic carbocycles. The van der Waals surface area contributed by atoms with Crippen molar-refractivity contribution in [1.29, 1.82) is 0 Å². The minimum atomic E-state index is -0.696.